The van der Waals surface area contributed by atoms with Gasteiger partial charge in [0.2, 0.25) is 11.2 Å². The van der Waals surface area contributed by atoms with E-state index in [1.54, 1.807) is 50.4 Å². The van der Waals surface area contributed by atoms with E-state index in [1.807, 2.05) is 6.92 Å². The Morgan fingerprint density at radius 2 is 1.85 bits per heavy atom. The summed E-state index contributed by atoms with van der Waals surface area (Å²) in [7, 11) is 1.57. The van der Waals surface area contributed by atoms with Crippen molar-refractivity contribution in [3.05, 3.63) is 57.2 Å². The molecule has 1 aromatic heterocycles. The number of methoxy groups -OCH3 is 1. The summed E-state index contributed by atoms with van der Waals surface area (Å²) in [6, 6.07) is 10.3. The molecule has 0 aliphatic carbocycles. The van der Waals surface area contributed by atoms with Gasteiger partial charge in [-0.25, -0.2) is 0 Å². The second kappa shape index (κ2) is 7.45. The lowest BCUT2D eigenvalue weighted by atomic mass is 10.1. The predicted octanol–water partition coefficient (Wildman–Crippen LogP) is 4.79. The van der Waals surface area contributed by atoms with Crippen LogP contribution in [0, 0.1) is 6.92 Å². The molecule has 0 aliphatic heterocycles. The van der Waals surface area contributed by atoms with Crippen LogP contribution in [0.15, 0.2) is 45.6 Å². The van der Waals surface area contributed by atoms with Crippen molar-refractivity contribution in [2.75, 3.05) is 7.11 Å². The molecule has 0 N–H and O–H groups in total. The van der Waals surface area contributed by atoms with Gasteiger partial charge in [-0.3, -0.25) is 9.59 Å². The Balaban J connectivity index is 2.29. The molecular formula is C21H19ClO5. The number of hydrogen-bond donors (Lipinski definition) is 0. The van der Waals surface area contributed by atoms with Gasteiger partial charge in [-0.15, -0.1) is 0 Å². The Morgan fingerprint density at radius 3 is 2.44 bits per heavy atom. The number of ether oxygens (including phenoxy) is 2. The summed E-state index contributed by atoms with van der Waals surface area (Å²) in [5.74, 6) is 0.710. The molecule has 27 heavy (non-hydrogen) atoms. The van der Waals surface area contributed by atoms with E-state index >= 15 is 0 Å². The summed E-state index contributed by atoms with van der Waals surface area (Å²) in [6.45, 7) is 4.82. The van der Waals surface area contributed by atoms with Gasteiger partial charge >= 0.3 is 0 Å². The zero-order valence-electron chi connectivity index (χ0n) is 15.5. The summed E-state index contributed by atoms with van der Waals surface area (Å²) in [5, 5.41) is 0.756. The minimum Gasteiger partial charge on any atom is -0.497 e. The zero-order valence-corrected chi connectivity index (χ0v) is 16.2. The topological polar surface area (TPSA) is 65.7 Å². The third-order valence-corrected chi connectivity index (χ3v) is 4.76. The van der Waals surface area contributed by atoms with Crippen molar-refractivity contribution in [2.45, 2.75) is 26.9 Å². The van der Waals surface area contributed by atoms with Gasteiger partial charge in [0.25, 0.3) is 0 Å². The van der Waals surface area contributed by atoms with E-state index in [0.717, 1.165) is 5.56 Å². The average molecular weight is 387 g/mol. The molecule has 0 aliphatic rings. The number of Topliss-reactive ketones (excluding diaryl/α,β-unsaturated/α-hetero) is 1. The van der Waals surface area contributed by atoms with Crippen LogP contribution >= 0.6 is 11.6 Å². The lowest BCUT2D eigenvalue weighted by Gasteiger charge is -2.15. The summed E-state index contributed by atoms with van der Waals surface area (Å²) in [5.41, 5.74) is 1.44. The van der Waals surface area contributed by atoms with E-state index in [4.69, 9.17) is 25.5 Å². The summed E-state index contributed by atoms with van der Waals surface area (Å²) in [4.78, 5) is 24.7. The number of ketones is 1. The summed E-state index contributed by atoms with van der Waals surface area (Å²) in [6.07, 6.45) is -0.789. The summed E-state index contributed by atoms with van der Waals surface area (Å²) >= 11 is 6.17. The fraction of sp³-hybridized carbons (Fsp3) is 0.238. The highest BCUT2D eigenvalue weighted by atomic mass is 35.5. The predicted molar refractivity (Wildman–Crippen MR) is 105 cm³/mol. The molecule has 0 amide bonds. The van der Waals surface area contributed by atoms with Crippen LogP contribution in [-0.2, 0) is 4.79 Å². The highest BCUT2D eigenvalue weighted by Gasteiger charge is 2.22. The van der Waals surface area contributed by atoms with Gasteiger partial charge in [0.15, 0.2) is 17.6 Å². The number of aryl methyl sites for hydroxylation is 1. The van der Waals surface area contributed by atoms with Crippen molar-refractivity contribution in [1.29, 1.82) is 0 Å². The molecule has 2 aromatic carbocycles. The largest absolute Gasteiger partial charge is 0.497 e. The van der Waals surface area contributed by atoms with E-state index in [2.05, 4.69) is 0 Å². The first-order valence-corrected chi connectivity index (χ1v) is 8.78. The fourth-order valence-electron chi connectivity index (χ4n) is 2.60. The van der Waals surface area contributed by atoms with Gasteiger partial charge in [-0.1, -0.05) is 11.6 Å². The van der Waals surface area contributed by atoms with Crippen molar-refractivity contribution in [2.24, 2.45) is 0 Å². The van der Waals surface area contributed by atoms with Crippen LogP contribution in [0.1, 0.15) is 19.4 Å². The first-order chi connectivity index (χ1) is 12.8. The van der Waals surface area contributed by atoms with Gasteiger partial charge in [-0.05, 0) is 62.7 Å². The highest BCUT2D eigenvalue weighted by molar-refractivity contribution is 6.32. The van der Waals surface area contributed by atoms with E-state index in [1.165, 1.54) is 6.92 Å². The van der Waals surface area contributed by atoms with Crippen molar-refractivity contribution in [3.8, 4) is 22.8 Å². The quantitative estimate of drug-likeness (QED) is 0.631. The van der Waals surface area contributed by atoms with Gasteiger partial charge in [0, 0.05) is 10.6 Å². The van der Waals surface area contributed by atoms with Gasteiger partial charge < -0.3 is 13.9 Å². The molecule has 140 valence electrons. The number of rotatable bonds is 5. The number of carbonyl (C=O) groups excluding carboxylic acids is 1. The number of hydrogen-bond acceptors (Lipinski definition) is 5. The molecule has 0 spiro atoms. The Morgan fingerprint density at radius 1 is 1.19 bits per heavy atom. The Kier molecular flexibility index (Phi) is 5.24. The second-order valence-corrected chi connectivity index (χ2v) is 6.69. The van der Waals surface area contributed by atoms with Crippen molar-refractivity contribution in [1.82, 2.24) is 0 Å². The number of halogens is 1. The minimum atomic E-state index is -0.789. The fourth-order valence-corrected chi connectivity index (χ4v) is 2.76. The molecule has 6 heteroatoms. The van der Waals surface area contributed by atoms with E-state index in [0.29, 0.717) is 27.3 Å². The van der Waals surface area contributed by atoms with Gasteiger partial charge in [-0.2, -0.15) is 0 Å². The third kappa shape index (κ3) is 3.69. The number of fused-ring (bicyclic) bond motifs is 1. The summed E-state index contributed by atoms with van der Waals surface area (Å²) < 4.78 is 16.9. The van der Waals surface area contributed by atoms with Crippen molar-refractivity contribution >= 4 is 28.4 Å². The normalized spacial score (nSPS) is 12.0. The third-order valence-electron chi connectivity index (χ3n) is 4.35. The maximum absolute atomic E-state index is 13.1. The average Bonchev–Trinajstić information content (AvgIpc) is 2.65. The monoisotopic (exact) mass is 386 g/mol. The van der Waals surface area contributed by atoms with E-state index < -0.39 is 6.10 Å². The SMILES string of the molecule is COc1ccc(-c2oc3cc(C)c(Cl)cc3c(=O)c2O[C@H](C)C(C)=O)cc1. The standard InChI is InChI=1S/C21H19ClO5/c1-11-9-18-16(10-17(11)22)19(24)21(26-13(3)12(2)23)20(27-18)14-5-7-15(25-4)8-6-14/h5-10,13H,1-4H3/t13-/m1/s1. The molecular weight excluding hydrogens is 368 g/mol. The molecule has 0 saturated heterocycles. The van der Waals surface area contributed by atoms with Crippen molar-refractivity contribution in [3.63, 3.8) is 0 Å². The van der Waals surface area contributed by atoms with Crippen LogP contribution in [-0.4, -0.2) is 19.0 Å². The Bertz CT molecular complexity index is 1070. The van der Waals surface area contributed by atoms with Gasteiger partial charge in [0.05, 0.1) is 12.5 Å². The lowest BCUT2D eigenvalue weighted by Crippen LogP contribution is -2.24. The van der Waals surface area contributed by atoms with E-state index in [9.17, 15) is 9.59 Å². The molecule has 1 heterocycles. The second-order valence-electron chi connectivity index (χ2n) is 6.29. The van der Waals surface area contributed by atoms with Gasteiger partial charge in [0.1, 0.15) is 11.3 Å². The number of carbonyl (C=O) groups is 1. The molecule has 0 bridgehead atoms. The molecule has 5 nitrogen and oxygen atoms in total. The van der Waals surface area contributed by atoms with Crippen LogP contribution < -0.4 is 14.9 Å². The van der Waals surface area contributed by atoms with Crippen LogP contribution in [0.4, 0.5) is 0 Å². The minimum absolute atomic E-state index is 0.0183. The molecule has 1 atom stereocenters. The zero-order chi connectivity index (χ0) is 19.7. The Hall–Kier alpha value is -2.79. The maximum Gasteiger partial charge on any atom is 0.235 e. The molecule has 3 aromatic rings. The lowest BCUT2D eigenvalue weighted by molar-refractivity contribution is -0.122. The molecule has 3 rings (SSSR count). The smallest absolute Gasteiger partial charge is 0.235 e. The van der Waals surface area contributed by atoms with Crippen LogP contribution in [0.5, 0.6) is 11.5 Å². The molecule has 0 unspecified atom stereocenters. The molecule has 0 fully saturated rings. The van der Waals surface area contributed by atoms with Crippen LogP contribution in [0.2, 0.25) is 5.02 Å². The first-order valence-electron chi connectivity index (χ1n) is 8.40. The van der Waals surface area contributed by atoms with Crippen LogP contribution in [0.3, 0.4) is 0 Å². The van der Waals surface area contributed by atoms with E-state index in [-0.39, 0.29) is 22.7 Å². The maximum atomic E-state index is 13.1. The van der Waals surface area contributed by atoms with Crippen LogP contribution in [0.25, 0.3) is 22.3 Å². The first kappa shape index (κ1) is 19.0. The molecule has 0 radical (unpaired) electrons. The Labute approximate surface area is 161 Å². The van der Waals surface area contributed by atoms with Crippen molar-refractivity contribution < 1.29 is 18.7 Å². The highest BCUT2D eigenvalue weighted by Crippen LogP contribution is 2.34. The number of benzene rings is 2. The molecule has 0 saturated carbocycles.